The average Bonchev–Trinajstić information content (AvgIpc) is 2.60. The molecule has 0 spiro atoms. The number of unbranched alkanes of at least 4 members (excludes halogenated alkanes) is 1. The van der Waals surface area contributed by atoms with Gasteiger partial charge in [-0.25, -0.2) is 0 Å². The molecule has 0 radical (unpaired) electrons. The number of hydrogen-bond donors (Lipinski definition) is 0. The predicted molar refractivity (Wildman–Crippen MR) is 95.5 cm³/mol. The fourth-order valence-corrected chi connectivity index (χ4v) is 2.25. The second-order valence-corrected chi connectivity index (χ2v) is 5.80. The average molecular weight is 325 g/mol. The summed E-state index contributed by atoms with van der Waals surface area (Å²) in [6.07, 6.45) is 2.20. The maximum absolute atomic E-state index is 12.5. The number of carbonyl (C=O) groups excluding carboxylic acids is 2. The van der Waals surface area contributed by atoms with Crippen LogP contribution in [0, 0.1) is 6.92 Å². The van der Waals surface area contributed by atoms with Crippen LogP contribution in [-0.4, -0.2) is 18.9 Å². The van der Waals surface area contributed by atoms with E-state index in [-0.39, 0.29) is 11.9 Å². The summed E-state index contributed by atoms with van der Waals surface area (Å²) in [5.41, 5.74) is 2.50. The highest BCUT2D eigenvalue weighted by Crippen LogP contribution is 2.21. The summed E-state index contributed by atoms with van der Waals surface area (Å²) in [4.78, 5) is 25.7. The maximum Gasteiger partial charge on any atom is 0.311 e. The summed E-state index contributed by atoms with van der Waals surface area (Å²) >= 11 is 0. The van der Waals surface area contributed by atoms with Gasteiger partial charge in [0.25, 0.3) is 5.91 Å². The van der Waals surface area contributed by atoms with Gasteiger partial charge in [0.2, 0.25) is 0 Å². The van der Waals surface area contributed by atoms with Crippen LogP contribution in [0.2, 0.25) is 0 Å². The standard InChI is InChI=1S/C20H23NO3/c1-4-5-6-19(22)24-18-13-11-17(12-14-18)21(3)20(23)16-9-7-15(2)8-10-16/h7-14H,4-6H2,1-3H3. The monoisotopic (exact) mass is 325 g/mol. The van der Waals surface area contributed by atoms with Crippen molar-refractivity contribution in [1.82, 2.24) is 0 Å². The topological polar surface area (TPSA) is 46.6 Å². The van der Waals surface area contributed by atoms with Crippen LogP contribution in [0.5, 0.6) is 5.75 Å². The molecule has 0 fully saturated rings. The second-order valence-electron chi connectivity index (χ2n) is 5.80. The van der Waals surface area contributed by atoms with E-state index in [4.69, 9.17) is 4.74 Å². The van der Waals surface area contributed by atoms with Crippen molar-refractivity contribution >= 4 is 17.6 Å². The van der Waals surface area contributed by atoms with Crippen LogP contribution in [0.1, 0.15) is 42.1 Å². The smallest absolute Gasteiger partial charge is 0.311 e. The lowest BCUT2D eigenvalue weighted by Gasteiger charge is -2.18. The number of ether oxygens (including phenoxy) is 1. The van der Waals surface area contributed by atoms with Crippen molar-refractivity contribution < 1.29 is 14.3 Å². The first-order valence-electron chi connectivity index (χ1n) is 8.16. The van der Waals surface area contributed by atoms with Gasteiger partial charge in [-0.2, -0.15) is 0 Å². The molecule has 0 heterocycles. The van der Waals surface area contributed by atoms with E-state index >= 15 is 0 Å². The number of rotatable bonds is 6. The minimum Gasteiger partial charge on any atom is -0.427 e. The number of aryl methyl sites for hydroxylation is 1. The summed E-state index contributed by atoms with van der Waals surface area (Å²) in [5, 5.41) is 0. The summed E-state index contributed by atoms with van der Waals surface area (Å²) in [5.74, 6) is 0.187. The van der Waals surface area contributed by atoms with Crippen LogP contribution in [0.25, 0.3) is 0 Å². The number of hydrogen-bond acceptors (Lipinski definition) is 3. The van der Waals surface area contributed by atoms with Gasteiger partial charge in [-0.15, -0.1) is 0 Å². The molecule has 1 amide bonds. The van der Waals surface area contributed by atoms with Gasteiger partial charge in [0.1, 0.15) is 5.75 Å². The third-order valence-electron chi connectivity index (χ3n) is 3.79. The molecule has 0 aromatic heterocycles. The van der Waals surface area contributed by atoms with Crippen molar-refractivity contribution in [2.45, 2.75) is 33.1 Å². The van der Waals surface area contributed by atoms with Crippen LogP contribution < -0.4 is 9.64 Å². The Kier molecular flexibility index (Phi) is 6.13. The zero-order chi connectivity index (χ0) is 17.5. The molecule has 0 bridgehead atoms. The molecule has 126 valence electrons. The molecular formula is C20H23NO3. The quantitative estimate of drug-likeness (QED) is 0.585. The summed E-state index contributed by atoms with van der Waals surface area (Å²) in [6, 6.07) is 14.4. The van der Waals surface area contributed by atoms with Gasteiger partial charge < -0.3 is 9.64 Å². The molecule has 0 saturated carbocycles. The maximum atomic E-state index is 12.5. The molecule has 0 aliphatic rings. The molecule has 0 atom stereocenters. The van der Waals surface area contributed by atoms with Crippen molar-refractivity contribution in [2.24, 2.45) is 0 Å². The fourth-order valence-electron chi connectivity index (χ4n) is 2.25. The van der Waals surface area contributed by atoms with Crippen molar-refractivity contribution in [3.8, 4) is 5.75 Å². The molecule has 2 rings (SSSR count). The number of benzene rings is 2. The summed E-state index contributed by atoms with van der Waals surface area (Å²) in [6.45, 7) is 4.02. The second kappa shape index (κ2) is 8.29. The lowest BCUT2D eigenvalue weighted by molar-refractivity contribution is -0.134. The van der Waals surface area contributed by atoms with Gasteiger partial charge in [-0.1, -0.05) is 31.0 Å². The summed E-state index contributed by atoms with van der Waals surface area (Å²) < 4.78 is 5.27. The van der Waals surface area contributed by atoms with E-state index in [0.717, 1.165) is 24.1 Å². The van der Waals surface area contributed by atoms with Gasteiger partial charge in [0.15, 0.2) is 0 Å². The van der Waals surface area contributed by atoms with Gasteiger partial charge in [-0.05, 0) is 49.7 Å². The Bertz CT molecular complexity index is 690. The third-order valence-corrected chi connectivity index (χ3v) is 3.79. The molecule has 0 N–H and O–H groups in total. The van der Waals surface area contributed by atoms with E-state index < -0.39 is 0 Å². The lowest BCUT2D eigenvalue weighted by Crippen LogP contribution is -2.26. The van der Waals surface area contributed by atoms with Crippen LogP contribution in [0.3, 0.4) is 0 Å². The van der Waals surface area contributed by atoms with Crippen molar-refractivity contribution in [3.05, 3.63) is 59.7 Å². The van der Waals surface area contributed by atoms with Gasteiger partial charge in [0, 0.05) is 24.7 Å². The molecule has 0 aliphatic heterocycles. The van der Waals surface area contributed by atoms with Crippen LogP contribution >= 0.6 is 0 Å². The highest BCUT2D eigenvalue weighted by molar-refractivity contribution is 6.05. The number of esters is 1. The molecule has 4 heteroatoms. The van der Waals surface area contributed by atoms with Crippen molar-refractivity contribution in [1.29, 1.82) is 0 Å². The first-order valence-corrected chi connectivity index (χ1v) is 8.16. The Morgan fingerprint density at radius 1 is 1.00 bits per heavy atom. The van der Waals surface area contributed by atoms with Crippen molar-refractivity contribution in [3.63, 3.8) is 0 Å². The molecular weight excluding hydrogens is 302 g/mol. The van der Waals surface area contributed by atoms with Crippen molar-refractivity contribution in [2.75, 3.05) is 11.9 Å². The molecule has 0 saturated heterocycles. The first kappa shape index (κ1) is 17.7. The first-order chi connectivity index (χ1) is 11.5. The Hall–Kier alpha value is -2.62. The number of amides is 1. The highest BCUT2D eigenvalue weighted by Gasteiger charge is 2.13. The van der Waals surface area contributed by atoms with E-state index in [0.29, 0.717) is 17.7 Å². The van der Waals surface area contributed by atoms with Gasteiger partial charge in [0.05, 0.1) is 0 Å². The van der Waals surface area contributed by atoms with E-state index in [1.807, 2.05) is 38.1 Å². The molecule has 0 unspecified atom stereocenters. The molecule has 0 aliphatic carbocycles. The normalized spacial score (nSPS) is 10.3. The van der Waals surface area contributed by atoms with Gasteiger partial charge >= 0.3 is 5.97 Å². The van der Waals surface area contributed by atoms with E-state index in [1.165, 1.54) is 0 Å². The zero-order valence-electron chi connectivity index (χ0n) is 14.4. The molecule has 4 nitrogen and oxygen atoms in total. The minimum absolute atomic E-state index is 0.0808. The molecule has 2 aromatic rings. The fraction of sp³-hybridized carbons (Fsp3) is 0.300. The predicted octanol–water partition coefficient (Wildman–Crippen LogP) is 4.37. The van der Waals surface area contributed by atoms with Crippen LogP contribution in [-0.2, 0) is 4.79 Å². The third kappa shape index (κ3) is 4.69. The Labute approximate surface area is 143 Å². The van der Waals surface area contributed by atoms with Gasteiger partial charge in [-0.3, -0.25) is 9.59 Å². The van der Waals surface area contributed by atoms with Crippen LogP contribution in [0.4, 0.5) is 5.69 Å². The Morgan fingerprint density at radius 2 is 1.62 bits per heavy atom. The van der Waals surface area contributed by atoms with E-state index in [9.17, 15) is 9.59 Å². The number of anilines is 1. The Morgan fingerprint density at radius 3 is 2.21 bits per heavy atom. The lowest BCUT2D eigenvalue weighted by atomic mass is 10.1. The summed E-state index contributed by atoms with van der Waals surface area (Å²) in [7, 11) is 1.73. The SMILES string of the molecule is CCCCC(=O)Oc1ccc(N(C)C(=O)c2ccc(C)cc2)cc1. The number of carbonyl (C=O) groups is 2. The minimum atomic E-state index is -0.228. The zero-order valence-corrected chi connectivity index (χ0v) is 14.4. The molecule has 24 heavy (non-hydrogen) atoms. The number of nitrogens with zero attached hydrogens (tertiary/aromatic N) is 1. The largest absolute Gasteiger partial charge is 0.427 e. The van der Waals surface area contributed by atoms with Crippen LogP contribution in [0.15, 0.2) is 48.5 Å². The van der Waals surface area contributed by atoms with E-state index in [1.54, 1.807) is 36.2 Å². The van der Waals surface area contributed by atoms with E-state index in [2.05, 4.69) is 0 Å². The highest BCUT2D eigenvalue weighted by atomic mass is 16.5. The molecule has 2 aromatic carbocycles. The Balaban J connectivity index is 2.02.